The summed E-state index contributed by atoms with van der Waals surface area (Å²) in [5, 5.41) is 0. The van der Waals surface area contributed by atoms with Crippen LogP contribution in [0, 0.1) is 6.07 Å². The number of rotatable bonds is 6. The van der Waals surface area contributed by atoms with Crippen molar-refractivity contribution in [3.05, 3.63) is 143 Å². The van der Waals surface area contributed by atoms with Crippen molar-refractivity contribution in [2.45, 2.75) is 43.2 Å². The fraction of sp³-hybridized carbons (Fsp3) is 0.200. The molecule has 0 aliphatic heterocycles. The summed E-state index contributed by atoms with van der Waals surface area (Å²) in [5.41, 5.74) is 9.09. The summed E-state index contributed by atoms with van der Waals surface area (Å²) in [5.74, 6) is 0. The molecule has 0 heterocycles. The maximum absolute atomic E-state index is 13.1. The first-order valence-corrected chi connectivity index (χ1v) is 13.0. The molecule has 0 aliphatic rings. The molecule has 0 spiro atoms. The van der Waals surface area contributed by atoms with Crippen molar-refractivity contribution >= 4 is 10.0 Å². The molecule has 0 amide bonds. The van der Waals surface area contributed by atoms with E-state index in [2.05, 4.69) is 31.6 Å². The van der Waals surface area contributed by atoms with E-state index in [1.54, 1.807) is 12.1 Å². The van der Waals surface area contributed by atoms with Gasteiger partial charge >= 0.3 is 19.5 Å². The normalized spacial score (nSPS) is 12.9. The molecule has 0 radical (unpaired) electrons. The van der Waals surface area contributed by atoms with E-state index in [-0.39, 0.29) is 29.8 Å². The van der Waals surface area contributed by atoms with Crippen LogP contribution in [0.1, 0.15) is 49.5 Å². The Balaban J connectivity index is 0.000000571. The Labute approximate surface area is 228 Å². The smallest absolute Gasteiger partial charge is 0.537 e. The maximum Gasteiger partial charge on any atom is 2.00 e. The van der Waals surface area contributed by atoms with Crippen molar-refractivity contribution in [3.8, 4) is 0 Å². The molecular formula is C30H32N2O2RuS. The molecule has 0 bridgehead atoms. The second kappa shape index (κ2) is 13.6. The minimum Gasteiger partial charge on any atom is -0.537 e. The van der Waals surface area contributed by atoms with E-state index in [1.807, 2.05) is 103 Å². The predicted octanol–water partition coefficient (Wildman–Crippen LogP) is 6.97. The van der Waals surface area contributed by atoms with E-state index in [9.17, 15) is 8.42 Å². The van der Waals surface area contributed by atoms with Crippen molar-refractivity contribution in [1.29, 1.82) is 0 Å². The van der Waals surface area contributed by atoms with Crippen molar-refractivity contribution in [1.82, 2.24) is 0 Å². The van der Waals surface area contributed by atoms with Gasteiger partial charge in [-0.25, -0.2) is 8.42 Å². The summed E-state index contributed by atoms with van der Waals surface area (Å²) in [6.07, 6.45) is 0. The second-order valence-electron chi connectivity index (χ2n) is 9.22. The molecule has 4 rings (SSSR count). The molecule has 2 unspecified atom stereocenters. The largest absolute Gasteiger partial charge is 2.00 e. The standard InChI is InChI=1S/C24H27N2O2S.C6H5.Ru/c1-24(2,3)20-14-16-21(17-15-20)29(27,28)26-23(19-12-8-5-9-13-19)22(25)18-10-6-4-7-11-18;1-2-4-6-5-3-1;/h4-17,22-23H,25H2,1-3H3;1-5H;/q2*-1;+2. The molecule has 36 heavy (non-hydrogen) atoms. The molecular weight excluding hydrogens is 553 g/mol. The molecule has 2 atom stereocenters. The third-order valence-electron chi connectivity index (χ3n) is 5.54. The molecule has 4 nitrogen and oxygen atoms in total. The molecule has 0 fully saturated rings. The quantitative estimate of drug-likeness (QED) is 0.196. The van der Waals surface area contributed by atoms with E-state index in [4.69, 9.17) is 5.73 Å². The number of sulfonamides is 1. The maximum atomic E-state index is 13.1. The van der Waals surface area contributed by atoms with Gasteiger partial charge in [-0.3, -0.25) is 0 Å². The van der Waals surface area contributed by atoms with Crippen molar-refractivity contribution in [3.63, 3.8) is 0 Å². The first-order valence-electron chi connectivity index (χ1n) is 11.5. The zero-order valence-corrected chi connectivity index (χ0v) is 23.3. The fourth-order valence-corrected chi connectivity index (χ4v) is 4.67. The summed E-state index contributed by atoms with van der Waals surface area (Å²) < 4.78 is 30.4. The Morgan fingerprint density at radius 3 is 1.61 bits per heavy atom. The molecule has 0 aromatic heterocycles. The van der Waals surface area contributed by atoms with Crippen molar-refractivity contribution < 1.29 is 27.9 Å². The van der Waals surface area contributed by atoms with Crippen LogP contribution < -0.4 is 5.73 Å². The van der Waals surface area contributed by atoms with Gasteiger partial charge in [-0.2, -0.15) is 36.4 Å². The topological polar surface area (TPSA) is 74.3 Å². The van der Waals surface area contributed by atoms with E-state index in [0.717, 1.165) is 16.7 Å². The second-order valence-corrected chi connectivity index (χ2v) is 10.9. The van der Waals surface area contributed by atoms with Gasteiger partial charge in [0.05, 0.1) is 0 Å². The third-order valence-corrected chi connectivity index (χ3v) is 6.92. The van der Waals surface area contributed by atoms with Crippen LogP contribution in [0.4, 0.5) is 0 Å². The number of nitrogens with zero attached hydrogens (tertiary/aromatic N) is 1. The minimum absolute atomic E-state index is 0. The molecule has 188 valence electrons. The summed E-state index contributed by atoms with van der Waals surface area (Å²) >= 11 is 0. The molecule has 0 aliphatic carbocycles. The molecule has 0 saturated heterocycles. The number of hydrogen-bond acceptors (Lipinski definition) is 3. The van der Waals surface area contributed by atoms with Gasteiger partial charge < -0.3 is 10.5 Å². The zero-order chi connectivity index (χ0) is 25.3. The molecule has 4 aromatic rings. The van der Waals surface area contributed by atoms with Gasteiger partial charge in [-0.1, -0.05) is 105 Å². The number of nitrogens with two attached hydrogens (primary N) is 1. The van der Waals surface area contributed by atoms with Gasteiger partial charge in [0.25, 0.3) is 0 Å². The van der Waals surface area contributed by atoms with Gasteiger partial charge in [-0.15, -0.1) is 0 Å². The molecule has 6 heteroatoms. The number of hydrogen-bond donors (Lipinski definition) is 1. The van der Waals surface area contributed by atoms with E-state index >= 15 is 0 Å². The van der Waals surface area contributed by atoms with Crippen LogP contribution >= 0.6 is 0 Å². The van der Waals surface area contributed by atoms with Gasteiger partial charge in [0.2, 0.25) is 0 Å². The van der Waals surface area contributed by atoms with Gasteiger partial charge in [0, 0.05) is 10.9 Å². The van der Waals surface area contributed by atoms with Crippen LogP contribution in [0.2, 0.25) is 0 Å². The SMILES string of the molecule is CC(C)(C)c1ccc(S(=O)(=O)[N-]C(c2ccccc2)C(N)c2ccccc2)cc1.[Ru+2].[c-]1ccccc1. The summed E-state index contributed by atoms with van der Waals surface area (Å²) in [7, 11) is -3.88. The minimum atomic E-state index is -3.88. The Bertz CT molecular complexity index is 1230. The van der Waals surface area contributed by atoms with Crippen molar-refractivity contribution in [2.75, 3.05) is 0 Å². The Hall–Kier alpha value is -2.63. The summed E-state index contributed by atoms with van der Waals surface area (Å²) in [6, 6.07) is 36.9. The summed E-state index contributed by atoms with van der Waals surface area (Å²) in [6.45, 7) is 6.27. The average Bonchev–Trinajstić information content (AvgIpc) is 2.89. The van der Waals surface area contributed by atoms with Crippen LogP contribution in [0.5, 0.6) is 0 Å². The first kappa shape index (κ1) is 29.6. The van der Waals surface area contributed by atoms with E-state index in [0.29, 0.717) is 0 Å². The summed E-state index contributed by atoms with van der Waals surface area (Å²) in [4.78, 5) is 0.173. The predicted molar refractivity (Wildman–Crippen MR) is 144 cm³/mol. The zero-order valence-electron chi connectivity index (χ0n) is 20.7. The average molecular weight is 586 g/mol. The monoisotopic (exact) mass is 586 g/mol. The van der Waals surface area contributed by atoms with Gasteiger partial charge in [-0.05, 0) is 28.7 Å². The third kappa shape index (κ3) is 8.49. The van der Waals surface area contributed by atoms with Crippen LogP contribution in [0.3, 0.4) is 0 Å². The van der Waals surface area contributed by atoms with Crippen LogP contribution in [-0.2, 0) is 34.9 Å². The Kier molecular flexibility index (Phi) is 11.2. The molecule has 0 saturated carbocycles. The van der Waals surface area contributed by atoms with Crippen LogP contribution in [-0.4, -0.2) is 8.42 Å². The first-order chi connectivity index (χ1) is 16.7. The van der Waals surface area contributed by atoms with Crippen LogP contribution in [0.25, 0.3) is 4.72 Å². The van der Waals surface area contributed by atoms with Crippen LogP contribution in [0.15, 0.2) is 120 Å². The molecule has 2 N–H and O–H groups in total. The van der Waals surface area contributed by atoms with E-state index < -0.39 is 22.1 Å². The van der Waals surface area contributed by atoms with Crippen molar-refractivity contribution in [2.24, 2.45) is 5.73 Å². The van der Waals surface area contributed by atoms with Gasteiger partial charge in [0.1, 0.15) is 10.0 Å². The fourth-order valence-electron chi connectivity index (χ4n) is 3.52. The van der Waals surface area contributed by atoms with Gasteiger partial charge in [0.15, 0.2) is 0 Å². The Morgan fingerprint density at radius 1 is 0.722 bits per heavy atom. The molecule has 4 aromatic carbocycles. The Morgan fingerprint density at radius 2 is 1.19 bits per heavy atom. The van der Waals surface area contributed by atoms with E-state index in [1.165, 1.54) is 0 Å². The number of benzene rings is 4.